The molecular weight excluding hydrogens is 480 g/mol. The Hall–Kier alpha value is -4.50. The Balaban J connectivity index is 1.33. The van der Waals surface area contributed by atoms with Crippen LogP contribution in [0.2, 0.25) is 0 Å². The minimum atomic E-state index is -0.639. The number of hydrogen-bond donors (Lipinski definition) is 4. The highest BCUT2D eigenvalue weighted by Crippen LogP contribution is 2.26. The molecule has 0 fully saturated rings. The number of anilines is 2. The number of hydrogen-bond acceptors (Lipinski definition) is 7. The first-order valence-corrected chi connectivity index (χ1v) is 12.6. The maximum Gasteiger partial charge on any atom is 0.294 e. The van der Waals surface area contributed by atoms with Crippen LogP contribution in [0.4, 0.5) is 11.6 Å². The average molecular weight is 511 g/mol. The van der Waals surface area contributed by atoms with Gasteiger partial charge in [0.2, 0.25) is 5.91 Å². The van der Waals surface area contributed by atoms with Crippen LogP contribution in [-0.2, 0) is 24.4 Å². The number of nitrogens with zero attached hydrogens (tertiary/aromatic N) is 3. The molecule has 38 heavy (non-hydrogen) atoms. The number of carbonyl (C=O) groups is 1. The zero-order valence-corrected chi connectivity index (χ0v) is 20.9. The number of pyridine rings is 1. The van der Waals surface area contributed by atoms with E-state index in [1.807, 2.05) is 36.4 Å². The van der Waals surface area contributed by atoms with Crippen molar-refractivity contribution in [3.8, 4) is 0 Å². The number of aryl methyl sites for hydroxylation is 1. The molecule has 4 aromatic rings. The zero-order valence-electron chi connectivity index (χ0n) is 20.9. The number of rotatable bonds is 9. The third-order valence-corrected chi connectivity index (χ3v) is 6.93. The summed E-state index contributed by atoms with van der Waals surface area (Å²) in [6.07, 6.45) is 2.77. The van der Waals surface area contributed by atoms with Gasteiger partial charge < -0.3 is 21.5 Å². The van der Waals surface area contributed by atoms with Crippen molar-refractivity contribution in [2.45, 2.75) is 38.0 Å². The highest BCUT2D eigenvalue weighted by Gasteiger charge is 2.31. The number of benzene rings is 2. The second-order valence-electron chi connectivity index (χ2n) is 9.30. The van der Waals surface area contributed by atoms with Crippen molar-refractivity contribution in [2.75, 3.05) is 17.6 Å². The van der Waals surface area contributed by atoms with Crippen molar-refractivity contribution < 1.29 is 9.90 Å². The van der Waals surface area contributed by atoms with E-state index < -0.39 is 6.04 Å². The van der Waals surface area contributed by atoms with Gasteiger partial charge in [-0.3, -0.25) is 14.2 Å². The second kappa shape index (κ2) is 11.3. The zero-order chi connectivity index (χ0) is 26.5. The van der Waals surface area contributed by atoms with Gasteiger partial charge in [-0.1, -0.05) is 66.7 Å². The Morgan fingerprint density at radius 2 is 1.74 bits per heavy atom. The molecule has 9 nitrogen and oxygen atoms in total. The van der Waals surface area contributed by atoms with Gasteiger partial charge in [0.05, 0.1) is 12.3 Å². The highest BCUT2D eigenvalue weighted by molar-refractivity contribution is 5.81. The molecule has 1 aliphatic rings. The van der Waals surface area contributed by atoms with Crippen LogP contribution in [0.3, 0.4) is 0 Å². The summed E-state index contributed by atoms with van der Waals surface area (Å²) in [5.74, 6) is 0.269. The first kappa shape index (κ1) is 25.2. The molecule has 5 N–H and O–H groups in total. The minimum Gasteiger partial charge on any atom is -0.390 e. The Morgan fingerprint density at radius 1 is 1.05 bits per heavy atom. The first-order valence-electron chi connectivity index (χ1n) is 12.6. The third kappa shape index (κ3) is 5.28. The van der Waals surface area contributed by atoms with E-state index in [1.54, 1.807) is 22.9 Å². The quantitative estimate of drug-likeness (QED) is 0.272. The minimum absolute atomic E-state index is 0.0187. The molecule has 1 atom stereocenters. The monoisotopic (exact) mass is 510 g/mol. The summed E-state index contributed by atoms with van der Waals surface area (Å²) in [6, 6.07) is 23.0. The normalized spacial score (nSPS) is 14.3. The highest BCUT2D eigenvalue weighted by atomic mass is 16.3. The van der Waals surface area contributed by atoms with Crippen molar-refractivity contribution in [3.05, 3.63) is 117 Å². The number of fused-ring (bicyclic) bond motifs is 1. The third-order valence-electron chi connectivity index (χ3n) is 6.93. The van der Waals surface area contributed by atoms with Crippen LogP contribution in [0.25, 0.3) is 0 Å². The number of carbonyl (C=O) groups excluding carboxylic acids is 1. The van der Waals surface area contributed by atoms with Crippen molar-refractivity contribution >= 4 is 17.5 Å². The molecule has 0 aliphatic carbocycles. The first-order chi connectivity index (χ1) is 18.5. The number of nitrogens with one attached hydrogen (secondary N) is 2. The van der Waals surface area contributed by atoms with Crippen molar-refractivity contribution in [1.82, 2.24) is 19.9 Å². The molecule has 9 heteroatoms. The van der Waals surface area contributed by atoms with Gasteiger partial charge in [-0.15, -0.1) is 0 Å². The van der Waals surface area contributed by atoms with Crippen LogP contribution in [0.5, 0.6) is 0 Å². The molecule has 2 aromatic carbocycles. The van der Waals surface area contributed by atoms with Gasteiger partial charge in [0.1, 0.15) is 11.9 Å². The van der Waals surface area contributed by atoms with Gasteiger partial charge >= 0.3 is 0 Å². The molecule has 1 amide bonds. The standard InChI is InChI=1S/C29H30N6O3/c30-26-14-11-21(24(18-36)34-26)15-33-28(37)25-13-12-22-16-31-27(29(38)35(22)25)32-17-23(19-7-3-1-4-8-19)20-9-5-2-6-10-20/h1-11,14,16,23,25,36H,12-13,15,17-18H2,(H2,30,34)(H,31,32)(H,33,37)/t25-/m0/s1. The summed E-state index contributed by atoms with van der Waals surface area (Å²) in [7, 11) is 0. The number of nitrogens with two attached hydrogens (primary N) is 1. The molecule has 0 spiro atoms. The lowest BCUT2D eigenvalue weighted by Gasteiger charge is -2.20. The molecule has 0 saturated carbocycles. The molecule has 1 aliphatic heterocycles. The number of aliphatic hydroxyl groups is 1. The maximum atomic E-state index is 13.5. The van der Waals surface area contributed by atoms with Crippen LogP contribution in [0.1, 0.15) is 46.5 Å². The van der Waals surface area contributed by atoms with Gasteiger partial charge in [0, 0.05) is 30.9 Å². The van der Waals surface area contributed by atoms with Crippen LogP contribution in [-0.4, -0.2) is 32.1 Å². The SMILES string of the molecule is Nc1ccc(CNC(=O)[C@@H]2CCc3cnc(NCC(c4ccccc4)c4ccccc4)c(=O)n32)c(CO)n1. The lowest BCUT2D eigenvalue weighted by molar-refractivity contribution is -0.124. The molecule has 0 radical (unpaired) electrons. The summed E-state index contributed by atoms with van der Waals surface area (Å²) in [5, 5.41) is 15.7. The summed E-state index contributed by atoms with van der Waals surface area (Å²) >= 11 is 0. The van der Waals surface area contributed by atoms with E-state index in [1.165, 1.54) is 0 Å². The van der Waals surface area contributed by atoms with Gasteiger partial charge in [0.25, 0.3) is 5.56 Å². The summed E-state index contributed by atoms with van der Waals surface area (Å²) < 4.78 is 1.54. The fourth-order valence-electron chi connectivity index (χ4n) is 4.95. The Bertz CT molecular complexity index is 1430. The van der Waals surface area contributed by atoms with Gasteiger partial charge in [-0.2, -0.15) is 0 Å². The Morgan fingerprint density at radius 3 is 2.39 bits per heavy atom. The van der Waals surface area contributed by atoms with Gasteiger partial charge in [-0.25, -0.2) is 9.97 Å². The number of amides is 1. The van der Waals surface area contributed by atoms with Crippen LogP contribution < -0.4 is 21.9 Å². The van der Waals surface area contributed by atoms with Crippen LogP contribution in [0, 0.1) is 0 Å². The second-order valence-corrected chi connectivity index (χ2v) is 9.30. The molecular formula is C29H30N6O3. The predicted molar refractivity (Wildman–Crippen MR) is 145 cm³/mol. The number of aliphatic hydroxyl groups excluding tert-OH is 1. The Labute approximate surface area is 220 Å². The van der Waals surface area contributed by atoms with Gasteiger partial charge in [-0.05, 0) is 35.6 Å². The fraction of sp³-hybridized carbons (Fsp3) is 0.241. The van der Waals surface area contributed by atoms with E-state index in [0.717, 1.165) is 16.8 Å². The summed E-state index contributed by atoms with van der Waals surface area (Å²) in [6.45, 7) is 0.366. The fourth-order valence-corrected chi connectivity index (χ4v) is 4.95. The van der Waals surface area contributed by atoms with E-state index >= 15 is 0 Å². The topological polar surface area (TPSA) is 135 Å². The van der Waals surface area contributed by atoms with Crippen molar-refractivity contribution in [1.29, 1.82) is 0 Å². The largest absolute Gasteiger partial charge is 0.390 e. The van der Waals surface area contributed by atoms with Crippen LogP contribution >= 0.6 is 0 Å². The summed E-state index contributed by atoms with van der Waals surface area (Å²) in [5.41, 5.74) is 9.45. The molecule has 0 bridgehead atoms. The van der Waals surface area contributed by atoms with Crippen molar-refractivity contribution in [3.63, 3.8) is 0 Å². The van der Waals surface area contributed by atoms with E-state index in [9.17, 15) is 14.7 Å². The molecule has 3 heterocycles. The lowest BCUT2D eigenvalue weighted by atomic mass is 9.91. The lowest BCUT2D eigenvalue weighted by Crippen LogP contribution is -2.36. The molecule has 5 rings (SSSR count). The predicted octanol–water partition coefficient (Wildman–Crippen LogP) is 2.76. The average Bonchev–Trinajstić information content (AvgIpc) is 3.40. The van der Waals surface area contributed by atoms with E-state index in [2.05, 4.69) is 44.9 Å². The number of aromatic nitrogens is 3. The Kier molecular flexibility index (Phi) is 7.46. The van der Waals surface area contributed by atoms with E-state index in [-0.39, 0.29) is 36.4 Å². The molecule has 0 unspecified atom stereocenters. The van der Waals surface area contributed by atoms with Gasteiger partial charge in [0.15, 0.2) is 5.82 Å². The maximum absolute atomic E-state index is 13.5. The van der Waals surface area contributed by atoms with E-state index in [0.29, 0.717) is 36.5 Å². The van der Waals surface area contributed by atoms with Crippen LogP contribution in [0.15, 0.2) is 83.8 Å². The molecule has 0 saturated heterocycles. The van der Waals surface area contributed by atoms with E-state index in [4.69, 9.17) is 5.73 Å². The summed E-state index contributed by atoms with van der Waals surface area (Å²) in [4.78, 5) is 35.1. The number of nitrogen functional groups attached to an aromatic ring is 1. The molecule has 194 valence electrons. The van der Waals surface area contributed by atoms with Crippen molar-refractivity contribution in [2.24, 2.45) is 0 Å². The smallest absolute Gasteiger partial charge is 0.294 e. The molecule has 2 aromatic heterocycles.